The van der Waals surface area contributed by atoms with Gasteiger partial charge in [-0.2, -0.15) is 0 Å². The molecule has 0 saturated carbocycles. The molecule has 0 aliphatic rings. The second-order valence-electron chi connectivity index (χ2n) is 6.33. The van der Waals surface area contributed by atoms with Crippen molar-refractivity contribution >= 4 is 34.8 Å². The minimum absolute atomic E-state index is 0.0412. The number of amides is 2. The maximum absolute atomic E-state index is 13.1. The van der Waals surface area contributed by atoms with E-state index in [-0.39, 0.29) is 10.6 Å². The summed E-state index contributed by atoms with van der Waals surface area (Å²) in [7, 11) is 0. The van der Waals surface area contributed by atoms with E-state index in [1.165, 1.54) is 6.07 Å². The van der Waals surface area contributed by atoms with Crippen LogP contribution in [-0.4, -0.2) is 35.9 Å². The van der Waals surface area contributed by atoms with Crippen molar-refractivity contribution in [3.05, 3.63) is 70.7 Å². The van der Waals surface area contributed by atoms with Crippen LogP contribution < -0.4 is 10.6 Å². The van der Waals surface area contributed by atoms with Crippen LogP contribution in [0.1, 0.15) is 15.4 Å². The van der Waals surface area contributed by atoms with Gasteiger partial charge in [-0.25, -0.2) is 18.6 Å². The molecule has 0 unspecified atom stereocenters. The zero-order chi connectivity index (χ0) is 22.4. The Morgan fingerprint density at radius 2 is 1.77 bits per heavy atom. The predicted molar refractivity (Wildman–Crippen MR) is 111 cm³/mol. The highest BCUT2D eigenvalue weighted by Crippen LogP contribution is 2.28. The lowest BCUT2D eigenvalue weighted by Gasteiger charge is -2.08. The van der Waals surface area contributed by atoms with Gasteiger partial charge in [-0.3, -0.25) is 9.59 Å². The molecule has 31 heavy (non-hydrogen) atoms. The fraction of sp³-hybridized carbons (Fsp3) is 0.143. The van der Waals surface area contributed by atoms with Gasteiger partial charge in [0.15, 0.2) is 18.2 Å². The number of hydrogen-bond acceptors (Lipinski definition) is 6. The number of benzene rings is 2. The predicted octanol–water partition coefficient (Wildman–Crippen LogP) is 3.31. The minimum atomic E-state index is -1.11. The molecule has 0 bridgehead atoms. The third-order valence-electron chi connectivity index (χ3n) is 3.99. The Kier molecular flexibility index (Phi) is 7.03. The molecule has 0 aliphatic heterocycles. The number of esters is 1. The Balaban J connectivity index is 1.47. The highest BCUT2D eigenvalue weighted by atomic mass is 32.1. The van der Waals surface area contributed by atoms with Gasteiger partial charge in [0.2, 0.25) is 5.91 Å². The average molecular weight is 445 g/mol. The van der Waals surface area contributed by atoms with Gasteiger partial charge in [0.1, 0.15) is 9.88 Å². The molecule has 7 nitrogen and oxygen atoms in total. The van der Waals surface area contributed by atoms with Crippen molar-refractivity contribution in [2.75, 3.05) is 18.5 Å². The highest BCUT2D eigenvalue weighted by Gasteiger charge is 2.19. The Labute approximate surface area is 180 Å². The molecule has 3 rings (SSSR count). The molecule has 10 heteroatoms. The number of nitrogens with one attached hydrogen (secondary N) is 2. The van der Waals surface area contributed by atoms with E-state index in [1.807, 2.05) is 30.3 Å². The molecule has 2 aromatic carbocycles. The van der Waals surface area contributed by atoms with Crippen molar-refractivity contribution in [2.45, 2.75) is 6.92 Å². The highest BCUT2D eigenvalue weighted by molar-refractivity contribution is 7.17. The molecular weight excluding hydrogens is 428 g/mol. The van der Waals surface area contributed by atoms with E-state index in [0.717, 1.165) is 29.0 Å². The van der Waals surface area contributed by atoms with Crippen LogP contribution in [0.3, 0.4) is 0 Å². The van der Waals surface area contributed by atoms with Crippen molar-refractivity contribution in [3.63, 3.8) is 0 Å². The van der Waals surface area contributed by atoms with Gasteiger partial charge in [0, 0.05) is 17.3 Å². The minimum Gasteiger partial charge on any atom is -0.451 e. The Hall–Kier alpha value is -3.66. The number of anilines is 1. The van der Waals surface area contributed by atoms with E-state index in [9.17, 15) is 23.2 Å². The van der Waals surface area contributed by atoms with E-state index < -0.39 is 42.6 Å². The van der Waals surface area contributed by atoms with Crippen LogP contribution in [0.15, 0.2) is 48.5 Å². The summed E-state index contributed by atoms with van der Waals surface area (Å²) in [4.78, 5) is 40.6. The average Bonchev–Trinajstić information content (AvgIpc) is 3.15. The lowest BCUT2D eigenvalue weighted by atomic mass is 10.2. The number of aromatic nitrogens is 1. The zero-order valence-electron chi connectivity index (χ0n) is 16.3. The van der Waals surface area contributed by atoms with Gasteiger partial charge < -0.3 is 15.4 Å². The summed E-state index contributed by atoms with van der Waals surface area (Å²) >= 11 is 1.16. The number of carbonyl (C=O) groups excluding carboxylic acids is 3. The molecule has 0 aliphatic carbocycles. The normalized spacial score (nSPS) is 10.4. The molecule has 3 aromatic rings. The fourth-order valence-electron chi connectivity index (χ4n) is 2.50. The second-order valence-corrected chi connectivity index (χ2v) is 7.33. The van der Waals surface area contributed by atoms with Crippen molar-refractivity contribution in [1.82, 2.24) is 10.3 Å². The number of carbonyl (C=O) groups is 3. The summed E-state index contributed by atoms with van der Waals surface area (Å²) in [6.45, 7) is 0.643. The van der Waals surface area contributed by atoms with Gasteiger partial charge in [-0.1, -0.05) is 30.3 Å². The van der Waals surface area contributed by atoms with Gasteiger partial charge in [0.05, 0.1) is 12.2 Å². The summed E-state index contributed by atoms with van der Waals surface area (Å²) in [5.41, 5.74) is 1.39. The van der Waals surface area contributed by atoms with Gasteiger partial charge in [0.25, 0.3) is 5.91 Å². The number of thiazole rings is 1. The first-order valence-electron chi connectivity index (χ1n) is 9.05. The van der Waals surface area contributed by atoms with Crippen LogP contribution in [0.2, 0.25) is 0 Å². The van der Waals surface area contributed by atoms with Gasteiger partial charge in [-0.05, 0) is 19.1 Å². The van der Waals surface area contributed by atoms with Crippen molar-refractivity contribution in [3.8, 4) is 10.6 Å². The first-order valence-corrected chi connectivity index (χ1v) is 9.86. The SMILES string of the molecule is Cc1nc(-c2ccccc2)sc1C(=O)OCC(=O)NCC(=O)Nc1ccc(F)c(F)c1. The van der Waals surface area contributed by atoms with E-state index in [0.29, 0.717) is 10.7 Å². The Morgan fingerprint density at radius 1 is 1.03 bits per heavy atom. The maximum atomic E-state index is 13.1. The first-order chi connectivity index (χ1) is 14.8. The number of hydrogen-bond donors (Lipinski definition) is 2. The van der Waals surface area contributed by atoms with Crippen LogP contribution >= 0.6 is 11.3 Å². The van der Waals surface area contributed by atoms with Crippen LogP contribution in [0.25, 0.3) is 10.6 Å². The molecule has 0 atom stereocenters. The lowest BCUT2D eigenvalue weighted by molar-refractivity contribution is -0.126. The van der Waals surface area contributed by atoms with Gasteiger partial charge >= 0.3 is 5.97 Å². The summed E-state index contributed by atoms with van der Waals surface area (Å²) in [6.07, 6.45) is 0. The van der Waals surface area contributed by atoms with E-state index >= 15 is 0 Å². The molecule has 0 spiro atoms. The van der Waals surface area contributed by atoms with Crippen molar-refractivity contribution in [2.24, 2.45) is 0 Å². The van der Waals surface area contributed by atoms with E-state index in [4.69, 9.17) is 4.74 Å². The first kappa shape index (κ1) is 22.0. The second kappa shape index (κ2) is 9.90. The Morgan fingerprint density at radius 3 is 2.48 bits per heavy atom. The summed E-state index contributed by atoms with van der Waals surface area (Å²) in [5.74, 6) is -4.20. The molecule has 0 fully saturated rings. The van der Waals surface area contributed by atoms with E-state index in [1.54, 1.807) is 6.92 Å². The Bertz CT molecular complexity index is 1120. The largest absolute Gasteiger partial charge is 0.451 e. The van der Waals surface area contributed by atoms with Gasteiger partial charge in [-0.15, -0.1) is 11.3 Å². The quantitative estimate of drug-likeness (QED) is 0.544. The molecule has 160 valence electrons. The summed E-state index contributed by atoms with van der Waals surface area (Å²) in [6, 6.07) is 12.2. The van der Waals surface area contributed by atoms with Crippen LogP contribution in [0, 0.1) is 18.6 Å². The standard InChI is InChI=1S/C21H17F2N3O4S/c1-12-19(31-20(25-12)13-5-3-2-4-6-13)21(29)30-11-18(28)24-10-17(27)26-14-7-8-15(22)16(23)9-14/h2-9H,10-11H2,1H3,(H,24,28)(H,26,27). The number of rotatable bonds is 7. The number of nitrogens with zero attached hydrogens (tertiary/aromatic N) is 1. The molecule has 0 radical (unpaired) electrons. The van der Waals surface area contributed by atoms with E-state index in [2.05, 4.69) is 15.6 Å². The zero-order valence-corrected chi connectivity index (χ0v) is 17.1. The molecule has 0 saturated heterocycles. The third kappa shape index (κ3) is 5.92. The van der Waals surface area contributed by atoms with Crippen LogP contribution in [0.5, 0.6) is 0 Å². The molecule has 1 heterocycles. The van der Waals surface area contributed by atoms with Crippen LogP contribution in [0.4, 0.5) is 14.5 Å². The van der Waals surface area contributed by atoms with Crippen molar-refractivity contribution < 1.29 is 27.9 Å². The number of aryl methyl sites for hydroxylation is 1. The molecule has 2 amide bonds. The monoisotopic (exact) mass is 445 g/mol. The smallest absolute Gasteiger partial charge is 0.350 e. The topological polar surface area (TPSA) is 97.4 Å². The molecule has 1 aromatic heterocycles. The van der Waals surface area contributed by atoms with Crippen molar-refractivity contribution in [1.29, 1.82) is 0 Å². The third-order valence-corrected chi connectivity index (χ3v) is 5.17. The molecule has 2 N–H and O–H groups in total. The maximum Gasteiger partial charge on any atom is 0.350 e. The number of halogens is 2. The number of ether oxygens (including phenoxy) is 1. The lowest BCUT2D eigenvalue weighted by Crippen LogP contribution is -2.35. The van der Waals surface area contributed by atoms with Crippen LogP contribution in [-0.2, 0) is 14.3 Å². The summed E-state index contributed by atoms with van der Waals surface area (Å²) in [5, 5.41) is 5.24. The molecular formula is C21H17F2N3O4S. The summed E-state index contributed by atoms with van der Waals surface area (Å²) < 4.78 is 31.0. The fourth-order valence-corrected chi connectivity index (χ4v) is 3.46.